The summed E-state index contributed by atoms with van der Waals surface area (Å²) < 4.78 is 19.6. The Morgan fingerprint density at radius 1 is 1.59 bits per heavy atom. The minimum atomic E-state index is -0.497. The summed E-state index contributed by atoms with van der Waals surface area (Å²) >= 11 is 3.17. The van der Waals surface area contributed by atoms with E-state index in [0.29, 0.717) is 24.2 Å². The molecular formula is C12H13BrFNO2. The standard InChI is InChI=1S/C12H13BrFNO2/c1-8-7-17-5-4-15(8)12(16)10-3-2-9(13)6-11(10)14/h2-3,6,8H,4-5,7H2,1H3. The van der Waals surface area contributed by atoms with Crippen LogP contribution in [0.25, 0.3) is 0 Å². The summed E-state index contributed by atoms with van der Waals surface area (Å²) in [5.74, 6) is -0.770. The summed E-state index contributed by atoms with van der Waals surface area (Å²) in [6.45, 7) is 3.42. The average Bonchev–Trinajstić information content (AvgIpc) is 2.29. The molecule has 0 spiro atoms. The summed E-state index contributed by atoms with van der Waals surface area (Å²) in [5, 5.41) is 0. The quantitative estimate of drug-likeness (QED) is 0.797. The average molecular weight is 302 g/mol. The molecule has 0 radical (unpaired) electrons. The Kier molecular flexibility index (Phi) is 3.79. The molecule has 92 valence electrons. The predicted molar refractivity (Wildman–Crippen MR) is 65.4 cm³/mol. The third-order valence-electron chi connectivity index (χ3n) is 2.79. The smallest absolute Gasteiger partial charge is 0.257 e. The van der Waals surface area contributed by atoms with Crippen LogP contribution in [0, 0.1) is 5.82 Å². The van der Waals surface area contributed by atoms with E-state index in [-0.39, 0.29) is 17.5 Å². The highest BCUT2D eigenvalue weighted by Gasteiger charge is 2.26. The second kappa shape index (κ2) is 5.14. The fraction of sp³-hybridized carbons (Fsp3) is 0.417. The number of ether oxygens (including phenoxy) is 1. The number of nitrogens with zero attached hydrogens (tertiary/aromatic N) is 1. The Bertz CT molecular complexity index is 439. The van der Waals surface area contributed by atoms with Crippen LogP contribution in [0.3, 0.4) is 0 Å². The molecule has 3 nitrogen and oxygen atoms in total. The van der Waals surface area contributed by atoms with Crippen molar-refractivity contribution in [1.29, 1.82) is 0 Å². The first-order valence-corrected chi connectivity index (χ1v) is 6.22. The summed E-state index contributed by atoms with van der Waals surface area (Å²) in [6, 6.07) is 4.46. The highest BCUT2D eigenvalue weighted by Crippen LogP contribution is 2.18. The zero-order valence-corrected chi connectivity index (χ0v) is 11.0. The fourth-order valence-corrected chi connectivity index (χ4v) is 2.18. The number of hydrogen-bond acceptors (Lipinski definition) is 2. The number of benzene rings is 1. The van der Waals surface area contributed by atoms with Gasteiger partial charge in [-0.05, 0) is 25.1 Å². The minimum absolute atomic E-state index is 0.0145. The Morgan fingerprint density at radius 3 is 3.00 bits per heavy atom. The van der Waals surface area contributed by atoms with Crippen LogP contribution in [0.15, 0.2) is 22.7 Å². The first-order valence-electron chi connectivity index (χ1n) is 5.43. The number of morpholine rings is 1. The highest BCUT2D eigenvalue weighted by atomic mass is 79.9. The van der Waals surface area contributed by atoms with Gasteiger partial charge in [-0.25, -0.2) is 4.39 Å². The van der Waals surface area contributed by atoms with Gasteiger partial charge in [-0.15, -0.1) is 0 Å². The SMILES string of the molecule is CC1COCCN1C(=O)c1ccc(Br)cc1F. The van der Waals surface area contributed by atoms with Crippen molar-refractivity contribution in [2.45, 2.75) is 13.0 Å². The topological polar surface area (TPSA) is 29.5 Å². The zero-order chi connectivity index (χ0) is 12.4. The molecule has 1 fully saturated rings. The summed E-state index contributed by atoms with van der Waals surface area (Å²) in [6.07, 6.45) is 0. The summed E-state index contributed by atoms with van der Waals surface area (Å²) in [4.78, 5) is 13.8. The van der Waals surface area contributed by atoms with E-state index in [1.54, 1.807) is 11.0 Å². The van der Waals surface area contributed by atoms with E-state index in [9.17, 15) is 9.18 Å². The lowest BCUT2D eigenvalue weighted by atomic mass is 10.1. The summed E-state index contributed by atoms with van der Waals surface area (Å²) in [5.41, 5.74) is 0.113. The van der Waals surface area contributed by atoms with Crippen LogP contribution in [-0.4, -0.2) is 36.6 Å². The van der Waals surface area contributed by atoms with Gasteiger partial charge >= 0.3 is 0 Å². The van der Waals surface area contributed by atoms with Crippen molar-refractivity contribution in [2.24, 2.45) is 0 Å². The molecule has 0 N–H and O–H groups in total. The zero-order valence-electron chi connectivity index (χ0n) is 9.45. The van der Waals surface area contributed by atoms with E-state index in [1.807, 2.05) is 6.92 Å². The molecule has 1 unspecified atom stereocenters. The normalized spacial score (nSPS) is 20.4. The molecule has 2 rings (SSSR count). The minimum Gasteiger partial charge on any atom is -0.377 e. The first-order chi connectivity index (χ1) is 8.09. The Balaban J connectivity index is 2.24. The molecular weight excluding hydrogens is 289 g/mol. The maximum Gasteiger partial charge on any atom is 0.257 e. The predicted octanol–water partition coefficient (Wildman–Crippen LogP) is 2.45. The van der Waals surface area contributed by atoms with Crippen molar-refractivity contribution >= 4 is 21.8 Å². The third kappa shape index (κ3) is 2.66. The molecule has 1 aromatic carbocycles. The number of carbonyl (C=O) groups excluding carboxylic acids is 1. The first kappa shape index (κ1) is 12.5. The van der Waals surface area contributed by atoms with Gasteiger partial charge in [0.25, 0.3) is 5.91 Å². The van der Waals surface area contributed by atoms with Crippen LogP contribution in [-0.2, 0) is 4.74 Å². The molecule has 0 aliphatic carbocycles. The Labute approximate surface area is 108 Å². The van der Waals surface area contributed by atoms with Crippen LogP contribution in [0.1, 0.15) is 17.3 Å². The maximum absolute atomic E-state index is 13.7. The van der Waals surface area contributed by atoms with Crippen LogP contribution < -0.4 is 0 Å². The number of rotatable bonds is 1. The molecule has 0 saturated carbocycles. The lowest BCUT2D eigenvalue weighted by Crippen LogP contribution is -2.47. The molecule has 1 aliphatic heterocycles. The van der Waals surface area contributed by atoms with Crippen molar-refractivity contribution in [1.82, 2.24) is 4.90 Å². The van der Waals surface area contributed by atoms with Crippen molar-refractivity contribution in [3.05, 3.63) is 34.1 Å². The van der Waals surface area contributed by atoms with Gasteiger partial charge in [-0.1, -0.05) is 15.9 Å². The molecule has 1 saturated heterocycles. The van der Waals surface area contributed by atoms with E-state index in [2.05, 4.69) is 15.9 Å². The monoisotopic (exact) mass is 301 g/mol. The molecule has 1 aromatic rings. The van der Waals surface area contributed by atoms with Gasteiger partial charge in [0.2, 0.25) is 0 Å². The van der Waals surface area contributed by atoms with Crippen LogP contribution in [0.5, 0.6) is 0 Å². The molecule has 1 aliphatic rings. The molecule has 1 amide bonds. The Morgan fingerprint density at radius 2 is 2.35 bits per heavy atom. The Hall–Kier alpha value is -0.940. The fourth-order valence-electron chi connectivity index (χ4n) is 1.85. The molecule has 0 aromatic heterocycles. The largest absolute Gasteiger partial charge is 0.377 e. The van der Waals surface area contributed by atoms with E-state index in [4.69, 9.17) is 4.74 Å². The maximum atomic E-state index is 13.7. The molecule has 5 heteroatoms. The van der Waals surface area contributed by atoms with E-state index < -0.39 is 5.82 Å². The molecule has 17 heavy (non-hydrogen) atoms. The van der Waals surface area contributed by atoms with Gasteiger partial charge in [0.05, 0.1) is 24.8 Å². The number of amides is 1. The van der Waals surface area contributed by atoms with Crippen LogP contribution >= 0.6 is 15.9 Å². The second-order valence-electron chi connectivity index (χ2n) is 4.05. The lowest BCUT2D eigenvalue weighted by Gasteiger charge is -2.33. The van der Waals surface area contributed by atoms with Gasteiger partial charge in [-0.2, -0.15) is 0 Å². The van der Waals surface area contributed by atoms with E-state index in [1.165, 1.54) is 12.1 Å². The molecule has 1 heterocycles. The number of halogens is 2. The van der Waals surface area contributed by atoms with Gasteiger partial charge < -0.3 is 9.64 Å². The van der Waals surface area contributed by atoms with E-state index >= 15 is 0 Å². The molecule has 1 atom stereocenters. The summed E-state index contributed by atoms with van der Waals surface area (Å²) in [7, 11) is 0. The number of carbonyl (C=O) groups is 1. The third-order valence-corrected chi connectivity index (χ3v) is 3.28. The van der Waals surface area contributed by atoms with Crippen molar-refractivity contribution < 1.29 is 13.9 Å². The van der Waals surface area contributed by atoms with Gasteiger partial charge in [0.1, 0.15) is 5.82 Å². The second-order valence-corrected chi connectivity index (χ2v) is 4.96. The van der Waals surface area contributed by atoms with Crippen LogP contribution in [0.4, 0.5) is 4.39 Å². The van der Waals surface area contributed by atoms with Crippen molar-refractivity contribution in [3.8, 4) is 0 Å². The lowest BCUT2D eigenvalue weighted by molar-refractivity contribution is 0.00335. The number of hydrogen-bond donors (Lipinski definition) is 0. The van der Waals surface area contributed by atoms with Crippen molar-refractivity contribution in [3.63, 3.8) is 0 Å². The van der Waals surface area contributed by atoms with Gasteiger partial charge in [0.15, 0.2) is 0 Å². The molecule has 0 bridgehead atoms. The van der Waals surface area contributed by atoms with Crippen LogP contribution in [0.2, 0.25) is 0 Å². The van der Waals surface area contributed by atoms with Crippen molar-refractivity contribution in [2.75, 3.05) is 19.8 Å². The van der Waals surface area contributed by atoms with Gasteiger partial charge in [0, 0.05) is 11.0 Å². The highest BCUT2D eigenvalue weighted by molar-refractivity contribution is 9.10. The van der Waals surface area contributed by atoms with E-state index in [0.717, 1.165) is 0 Å². The van der Waals surface area contributed by atoms with Gasteiger partial charge in [-0.3, -0.25) is 4.79 Å².